The van der Waals surface area contributed by atoms with E-state index >= 15 is 0 Å². The Kier molecular flexibility index (Phi) is 6.10. The molecule has 6 aromatic rings. The summed E-state index contributed by atoms with van der Waals surface area (Å²) in [4.78, 5) is 14.6. The Morgan fingerprint density at radius 1 is 0.351 bits per heavy atom. The van der Waals surface area contributed by atoms with Gasteiger partial charge in [0.15, 0.2) is 17.5 Å². The van der Waals surface area contributed by atoms with Crippen LogP contribution in [0.15, 0.2) is 133 Å². The number of nitrogens with zero attached hydrogens (tertiary/aromatic N) is 3. The zero-order chi connectivity index (χ0) is 25.0. The maximum Gasteiger partial charge on any atom is 0.164 e. The number of benzene rings is 5. The van der Waals surface area contributed by atoms with Crippen molar-refractivity contribution in [1.29, 1.82) is 0 Å². The van der Waals surface area contributed by atoms with E-state index in [1.54, 1.807) is 0 Å². The molecule has 3 heteroatoms. The van der Waals surface area contributed by atoms with Crippen LogP contribution in [0.5, 0.6) is 0 Å². The lowest BCUT2D eigenvalue weighted by atomic mass is 9.94. The molecule has 0 radical (unpaired) electrons. The van der Waals surface area contributed by atoms with Gasteiger partial charge < -0.3 is 0 Å². The van der Waals surface area contributed by atoms with Crippen LogP contribution in [-0.4, -0.2) is 15.0 Å². The molecule has 1 aromatic heterocycles. The number of aromatic nitrogens is 3. The topological polar surface area (TPSA) is 38.7 Å². The van der Waals surface area contributed by atoms with Crippen LogP contribution in [0.3, 0.4) is 0 Å². The van der Waals surface area contributed by atoms with Crippen LogP contribution in [0, 0.1) is 6.92 Å². The normalized spacial score (nSPS) is 10.8. The standard InChI is InChI=1S/C34H25N3/c1-24-20-21-29(23-31(24)25-12-5-2-6-13-25)28-18-11-19-30(22-28)34-36-32(26-14-7-3-8-15-26)35-33(37-34)27-16-9-4-10-17-27/h2-23H,1H3. The molecule has 37 heavy (non-hydrogen) atoms. The summed E-state index contributed by atoms with van der Waals surface area (Å²) >= 11 is 0. The zero-order valence-electron chi connectivity index (χ0n) is 20.5. The maximum absolute atomic E-state index is 4.89. The van der Waals surface area contributed by atoms with Crippen molar-refractivity contribution in [3.63, 3.8) is 0 Å². The van der Waals surface area contributed by atoms with E-state index in [1.807, 2.05) is 66.7 Å². The van der Waals surface area contributed by atoms with Crippen molar-refractivity contribution >= 4 is 0 Å². The quantitative estimate of drug-likeness (QED) is 0.251. The molecule has 0 aliphatic carbocycles. The lowest BCUT2D eigenvalue weighted by molar-refractivity contribution is 1.07. The van der Waals surface area contributed by atoms with Crippen LogP contribution in [-0.2, 0) is 0 Å². The largest absolute Gasteiger partial charge is 0.208 e. The van der Waals surface area contributed by atoms with Gasteiger partial charge in [-0.2, -0.15) is 0 Å². The molecule has 0 amide bonds. The molecule has 0 atom stereocenters. The van der Waals surface area contributed by atoms with E-state index in [0.29, 0.717) is 17.5 Å². The molecular formula is C34H25N3. The van der Waals surface area contributed by atoms with Gasteiger partial charge in [0.05, 0.1) is 0 Å². The van der Waals surface area contributed by atoms with E-state index in [0.717, 1.165) is 27.8 Å². The van der Waals surface area contributed by atoms with Crippen molar-refractivity contribution in [2.24, 2.45) is 0 Å². The third-order valence-electron chi connectivity index (χ3n) is 6.48. The summed E-state index contributed by atoms with van der Waals surface area (Å²) in [6.07, 6.45) is 0. The van der Waals surface area contributed by atoms with E-state index in [9.17, 15) is 0 Å². The first-order chi connectivity index (χ1) is 18.2. The summed E-state index contributed by atoms with van der Waals surface area (Å²) in [5.41, 5.74) is 8.87. The highest BCUT2D eigenvalue weighted by molar-refractivity contribution is 5.78. The molecule has 0 spiro atoms. The van der Waals surface area contributed by atoms with Gasteiger partial charge in [-0.25, -0.2) is 15.0 Å². The van der Waals surface area contributed by atoms with Crippen LogP contribution in [0.1, 0.15) is 5.56 Å². The minimum Gasteiger partial charge on any atom is -0.208 e. The molecule has 6 rings (SSSR count). The highest BCUT2D eigenvalue weighted by Crippen LogP contribution is 2.32. The van der Waals surface area contributed by atoms with Crippen molar-refractivity contribution in [2.45, 2.75) is 6.92 Å². The van der Waals surface area contributed by atoms with Gasteiger partial charge in [-0.1, -0.05) is 121 Å². The lowest BCUT2D eigenvalue weighted by Gasteiger charge is -2.11. The Labute approximate surface area is 217 Å². The highest BCUT2D eigenvalue weighted by atomic mass is 15.0. The molecule has 0 bridgehead atoms. The fourth-order valence-corrected chi connectivity index (χ4v) is 4.51. The second kappa shape index (κ2) is 10.00. The third-order valence-corrected chi connectivity index (χ3v) is 6.48. The first-order valence-corrected chi connectivity index (χ1v) is 12.4. The predicted molar refractivity (Wildman–Crippen MR) is 152 cm³/mol. The average Bonchev–Trinajstić information content (AvgIpc) is 2.98. The smallest absolute Gasteiger partial charge is 0.164 e. The number of hydrogen-bond acceptors (Lipinski definition) is 3. The molecule has 176 valence electrons. The Morgan fingerprint density at radius 2 is 0.784 bits per heavy atom. The Morgan fingerprint density at radius 3 is 1.35 bits per heavy atom. The Bertz CT molecular complexity index is 1600. The van der Waals surface area contributed by atoms with Crippen LogP contribution in [0.4, 0.5) is 0 Å². The first-order valence-electron chi connectivity index (χ1n) is 12.4. The summed E-state index contributed by atoms with van der Waals surface area (Å²) in [6.45, 7) is 2.16. The van der Waals surface area contributed by atoms with Crippen LogP contribution < -0.4 is 0 Å². The fraction of sp³-hybridized carbons (Fsp3) is 0.0294. The van der Waals surface area contributed by atoms with Crippen molar-refractivity contribution in [2.75, 3.05) is 0 Å². The van der Waals surface area contributed by atoms with Crippen molar-refractivity contribution < 1.29 is 0 Å². The molecule has 0 fully saturated rings. The van der Waals surface area contributed by atoms with E-state index < -0.39 is 0 Å². The van der Waals surface area contributed by atoms with E-state index in [4.69, 9.17) is 15.0 Å². The maximum atomic E-state index is 4.89. The summed E-state index contributed by atoms with van der Waals surface area (Å²) < 4.78 is 0. The van der Waals surface area contributed by atoms with Crippen molar-refractivity contribution in [3.05, 3.63) is 139 Å². The summed E-state index contributed by atoms with van der Waals surface area (Å²) in [5, 5.41) is 0. The molecule has 0 saturated heterocycles. The Hall–Kier alpha value is -4.89. The lowest BCUT2D eigenvalue weighted by Crippen LogP contribution is -2.00. The number of rotatable bonds is 5. The van der Waals surface area contributed by atoms with Crippen molar-refractivity contribution in [1.82, 2.24) is 15.0 Å². The molecule has 1 heterocycles. The van der Waals surface area contributed by atoms with E-state index in [-0.39, 0.29) is 0 Å². The van der Waals surface area contributed by atoms with Gasteiger partial charge in [0.25, 0.3) is 0 Å². The second-order valence-corrected chi connectivity index (χ2v) is 9.01. The van der Waals surface area contributed by atoms with Gasteiger partial charge >= 0.3 is 0 Å². The molecule has 0 aliphatic heterocycles. The van der Waals surface area contributed by atoms with Gasteiger partial charge in [-0.05, 0) is 46.9 Å². The zero-order valence-corrected chi connectivity index (χ0v) is 20.5. The average molecular weight is 476 g/mol. The van der Waals surface area contributed by atoms with Crippen LogP contribution in [0.2, 0.25) is 0 Å². The molecule has 0 N–H and O–H groups in total. The SMILES string of the molecule is Cc1ccc(-c2cccc(-c3nc(-c4ccccc4)nc(-c4ccccc4)n3)c2)cc1-c1ccccc1. The summed E-state index contributed by atoms with van der Waals surface area (Å²) in [5.74, 6) is 1.98. The van der Waals surface area contributed by atoms with Gasteiger partial charge in [-0.15, -0.1) is 0 Å². The molecule has 0 aliphatic rings. The second-order valence-electron chi connectivity index (χ2n) is 9.01. The number of aryl methyl sites for hydroxylation is 1. The minimum atomic E-state index is 0.657. The van der Waals surface area contributed by atoms with Crippen molar-refractivity contribution in [3.8, 4) is 56.4 Å². The number of hydrogen-bond donors (Lipinski definition) is 0. The summed E-state index contributed by atoms with van der Waals surface area (Å²) in [7, 11) is 0. The molecule has 3 nitrogen and oxygen atoms in total. The predicted octanol–water partition coefficient (Wildman–Crippen LogP) is 8.52. The fourth-order valence-electron chi connectivity index (χ4n) is 4.51. The van der Waals surface area contributed by atoms with Gasteiger partial charge in [-0.3, -0.25) is 0 Å². The molecule has 0 unspecified atom stereocenters. The molecule has 5 aromatic carbocycles. The van der Waals surface area contributed by atoms with E-state index in [1.165, 1.54) is 16.7 Å². The van der Waals surface area contributed by atoms with Gasteiger partial charge in [0, 0.05) is 16.7 Å². The Balaban J connectivity index is 1.46. The van der Waals surface area contributed by atoms with Crippen LogP contribution in [0.25, 0.3) is 56.4 Å². The third kappa shape index (κ3) is 4.80. The molecular weight excluding hydrogens is 450 g/mol. The highest BCUT2D eigenvalue weighted by Gasteiger charge is 2.13. The summed E-state index contributed by atoms with van der Waals surface area (Å²) in [6, 6.07) is 45.7. The van der Waals surface area contributed by atoms with Gasteiger partial charge in [0.1, 0.15) is 0 Å². The van der Waals surface area contributed by atoms with E-state index in [2.05, 4.69) is 73.7 Å². The molecule has 0 saturated carbocycles. The van der Waals surface area contributed by atoms with Crippen LogP contribution >= 0.6 is 0 Å². The first kappa shape index (κ1) is 22.6. The monoisotopic (exact) mass is 475 g/mol. The minimum absolute atomic E-state index is 0.657. The van der Waals surface area contributed by atoms with Gasteiger partial charge in [0.2, 0.25) is 0 Å².